The molecule has 0 amide bonds. The van der Waals surface area contributed by atoms with Crippen LogP contribution in [0.3, 0.4) is 0 Å². The maximum Gasteiger partial charge on any atom is 0.134 e. The number of hydrogen-bond donors (Lipinski definition) is 1. The first-order valence-electron chi connectivity index (χ1n) is 7.64. The van der Waals surface area contributed by atoms with Crippen molar-refractivity contribution in [3.8, 4) is 0 Å². The molecule has 1 N–H and O–H groups in total. The van der Waals surface area contributed by atoms with Gasteiger partial charge in [-0.15, -0.1) is 0 Å². The Morgan fingerprint density at radius 3 is 2.75 bits per heavy atom. The number of rotatable bonds is 4. The lowest BCUT2D eigenvalue weighted by Crippen LogP contribution is -2.32. The fourth-order valence-electron chi connectivity index (χ4n) is 3.07. The summed E-state index contributed by atoms with van der Waals surface area (Å²) in [7, 11) is 1.99. The van der Waals surface area contributed by atoms with Gasteiger partial charge >= 0.3 is 0 Å². The van der Waals surface area contributed by atoms with E-state index in [0.717, 1.165) is 30.4 Å². The zero-order valence-electron chi connectivity index (χ0n) is 12.5. The summed E-state index contributed by atoms with van der Waals surface area (Å²) < 4.78 is 6.10. The third kappa shape index (κ3) is 2.74. The monoisotopic (exact) mass is 272 g/mol. The predicted molar refractivity (Wildman–Crippen MR) is 82.7 cm³/mol. The number of hydrogen-bond acceptors (Lipinski definition) is 3. The fraction of sp³-hybridized carbons (Fsp3) is 0.529. The maximum atomic E-state index is 6.10. The number of furan rings is 1. The van der Waals surface area contributed by atoms with Gasteiger partial charge < -0.3 is 9.73 Å². The van der Waals surface area contributed by atoms with Crippen molar-refractivity contribution in [1.29, 1.82) is 0 Å². The summed E-state index contributed by atoms with van der Waals surface area (Å²) in [5.41, 5.74) is 2.33. The molecule has 1 aromatic carbocycles. The summed E-state index contributed by atoms with van der Waals surface area (Å²) in [4.78, 5) is 2.52. The summed E-state index contributed by atoms with van der Waals surface area (Å²) >= 11 is 0. The molecular weight excluding hydrogens is 248 g/mol. The van der Waals surface area contributed by atoms with Crippen LogP contribution in [0.1, 0.15) is 31.1 Å². The molecule has 2 heterocycles. The molecule has 3 nitrogen and oxygen atoms in total. The molecule has 0 bridgehead atoms. The minimum Gasteiger partial charge on any atom is -0.459 e. The zero-order valence-corrected chi connectivity index (χ0v) is 12.5. The van der Waals surface area contributed by atoms with Crippen LogP contribution >= 0.6 is 0 Å². The van der Waals surface area contributed by atoms with Crippen LogP contribution in [0, 0.1) is 5.92 Å². The molecule has 0 atom stereocenters. The maximum absolute atomic E-state index is 6.10. The first-order valence-corrected chi connectivity index (χ1v) is 7.64. The Hall–Kier alpha value is -1.32. The van der Waals surface area contributed by atoms with E-state index in [2.05, 4.69) is 35.3 Å². The first-order chi connectivity index (χ1) is 9.78. The van der Waals surface area contributed by atoms with Crippen molar-refractivity contribution in [1.82, 2.24) is 10.2 Å². The van der Waals surface area contributed by atoms with Crippen molar-refractivity contribution >= 4 is 11.0 Å². The smallest absolute Gasteiger partial charge is 0.134 e. The van der Waals surface area contributed by atoms with Crippen LogP contribution in [-0.4, -0.2) is 25.0 Å². The number of piperidine rings is 1. The van der Waals surface area contributed by atoms with Crippen LogP contribution in [-0.2, 0) is 13.1 Å². The van der Waals surface area contributed by atoms with Gasteiger partial charge in [0.15, 0.2) is 0 Å². The van der Waals surface area contributed by atoms with E-state index in [-0.39, 0.29) is 0 Å². The molecule has 0 spiro atoms. The van der Waals surface area contributed by atoms with Crippen molar-refractivity contribution in [3.63, 3.8) is 0 Å². The topological polar surface area (TPSA) is 28.4 Å². The number of nitrogens with zero attached hydrogens (tertiary/aromatic N) is 1. The Bertz CT molecular complexity index is 567. The molecule has 3 rings (SSSR count). The van der Waals surface area contributed by atoms with Crippen LogP contribution in [0.2, 0.25) is 0 Å². The molecule has 1 aromatic heterocycles. The lowest BCUT2D eigenvalue weighted by atomic mass is 9.99. The number of likely N-dealkylation sites (tertiary alicyclic amines) is 1. The van der Waals surface area contributed by atoms with Gasteiger partial charge in [-0.3, -0.25) is 4.90 Å². The highest BCUT2D eigenvalue weighted by atomic mass is 16.3. The Kier molecular flexibility index (Phi) is 4.08. The summed E-state index contributed by atoms with van der Waals surface area (Å²) in [6.07, 6.45) is 2.61. The van der Waals surface area contributed by atoms with Gasteiger partial charge in [0.1, 0.15) is 11.3 Å². The zero-order chi connectivity index (χ0) is 13.9. The quantitative estimate of drug-likeness (QED) is 0.925. The molecule has 0 aliphatic carbocycles. The van der Waals surface area contributed by atoms with E-state index in [1.54, 1.807) is 0 Å². The second-order valence-electron chi connectivity index (χ2n) is 5.99. The minimum atomic E-state index is 0.872. The molecule has 1 fully saturated rings. The Morgan fingerprint density at radius 2 is 2.00 bits per heavy atom. The van der Waals surface area contributed by atoms with E-state index in [4.69, 9.17) is 4.42 Å². The van der Waals surface area contributed by atoms with Crippen molar-refractivity contribution in [3.05, 3.63) is 35.6 Å². The van der Waals surface area contributed by atoms with Crippen LogP contribution in [0.15, 0.2) is 28.7 Å². The average molecular weight is 272 g/mol. The summed E-state index contributed by atoms with van der Waals surface area (Å²) in [5.74, 6) is 2.01. The number of fused-ring (bicyclic) bond motifs is 1. The van der Waals surface area contributed by atoms with Crippen LogP contribution in [0.4, 0.5) is 0 Å². The molecule has 2 aromatic rings. The molecule has 3 heteroatoms. The van der Waals surface area contributed by atoms with Gasteiger partial charge in [0, 0.05) is 17.5 Å². The first kappa shape index (κ1) is 13.7. The highest BCUT2D eigenvalue weighted by Crippen LogP contribution is 2.28. The van der Waals surface area contributed by atoms with E-state index >= 15 is 0 Å². The molecule has 20 heavy (non-hydrogen) atoms. The van der Waals surface area contributed by atoms with Gasteiger partial charge in [-0.05, 0) is 45.0 Å². The average Bonchev–Trinajstić information content (AvgIpc) is 2.80. The predicted octanol–water partition coefficient (Wildman–Crippen LogP) is 3.38. The molecule has 108 valence electrons. The van der Waals surface area contributed by atoms with Crippen molar-refractivity contribution in [2.24, 2.45) is 5.92 Å². The van der Waals surface area contributed by atoms with Gasteiger partial charge in [-0.25, -0.2) is 0 Å². The van der Waals surface area contributed by atoms with Gasteiger partial charge in [-0.1, -0.05) is 25.1 Å². The van der Waals surface area contributed by atoms with Crippen LogP contribution in [0.5, 0.6) is 0 Å². The van der Waals surface area contributed by atoms with Crippen molar-refractivity contribution < 1.29 is 4.42 Å². The Labute approximate surface area is 120 Å². The van der Waals surface area contributed by atoms with Crippen LogP contribution in [0.25, 0.3) is 11.0 Å². The highest BCUT2D eigenvalue weighted by molar-refractivity contribution is 5.82. The normalized spacial score (nSPS) is 17.9. The van der Waals surface area contributed by atoms with Crippen LogP contribution < -0.4 is 5.32 Å². The highest BCUT2D eigenvalue weighted by Gasteiger charge is 2.20. The van der Waals surface area contributed by atoms with Gasteiger partial charge in [-0.2, -0.15) is 0 Å². The lowest BCUT2D eigenvalue weighted by molar-refractivity contribution is 0.174. The third-order valence-corrected chi connectivity index (χ3v) is 4.38. The van der Waals surface area contributed by atoms with Gasteiger partial charge in [0.25, 0.3) is 0 Å². The molecule has 0 saturated carbocycles. The van der Waals surface area contributed by atoms with Gasteiger partial charge in [0.05, 0.1) is 6.54 Å². The molecule has 1 saturated heterocycles. The fourth-order valence-corrected chi connectivity index (χ4v) is 3.07. The van der Waals surface area contributed by atoms with Crippen molar-refractivity contribution in [2.45, 2.75) is 32.9 Å². The third-order valence-electron chi connectivity index (χ3n) is 4.38. The number of nitrogens with one attached hydrogen (secondary N) is 1. The molecule has 1 aliphatic heterocycles. The molecule has 0 radical (unpaired) electrons. The lowest BCUT2D eigenvalue weighted by Gasteiger charge is -2.29. The second kappa shape index (κ2) is 5.98. The van der Waals surface area contributed by atoms with E-state index in [9.17, 15) is 0 Å². The minimum absolute atomic E-state index is 0.872. The molecular formula is C17H24N2O. The molecule has 0 unspecified atom stereocenters. The standard InChI is InChI=1S/C17H24N2O/c1-13-7-9-19(10-8-13)12-17-15(11-18-2)14-5-3-4-6-16(14)20-17/h3-6,13,18H,7-12H2,1-2H3. The van der Waals surface area contributed by atoms with E-state index in [1.165, 1.54) is 36.9 Å². The Balaban J connectivity index is 1.84. The SMILES string of the molecule is CNCc1c(CN2CCC(C)CC2)oc2ccccc12. The largest absolute Gasteiger partial charge is 0.459 e. The summed E-state index contributed by atoms with van der Waals surface area (Å²) in [6, 6.07) is 8.36. The number of benzene rings is 1. The summed E-state index contributed by atoms with van der Waals surface area (Å²) in [5, 5.41) is 4.52. The van der Waals surface area contributed by atoms with Crippen molar-refractivity contribution in [2.75, 3.05) is 20.1 Å². The second-order valence-corrected chi connectivity index (χ2v) is 5.99. The Morgan fingerprint density at radius 1 is 1.25 bits per heavy atom. The number of para-hydroxylation sites is 1. The van der Waals surface area contributed by atoms with Gasteiger partial charge in [0.2, 0.25) is 0 Å². The summed E-state index contributed by atoms with van der Waals surface area (Å²) in [6.45, 7) is 6.55. The van der Waals surface area contributed by atoms with E-state index in [1.807, 2.05) is 13.1 Å². The molecule has 1 aliphatic rings. The van der Waals surface area contributed by atoms with E-state index in [0.29, 0.717) is 0 Å². The van der Waals surface area contributed by atoms with E-state index < -0.39 is 0 Å².